The van der Waals surface area contributed by atoms with Crippen molar-refractivity contribution in [3.63, 3.8) is 0 Å². The fraction of sp³-hybridized carbons (Fsp3) is 1.00. The van der Waals surface area contributed by atoms with Crippen LogP contribution in [0.4, 0.5) is 0 Å². The number of hydrogen-bond donors (Lipinski definition) is 0. The molecular weight excluding hydrogens is 144 g/mol. The highest BCUT2D eigenvalue weighted by atomic mass is 28.2. The van der Waals surface area contributed by atoms with Crippen LogP contribution in [-0.4, -0.2) is 33.7 Å². The van der Waals surface area contributed by atoms with Crippen LogP contribution in [0.1, 0.15) is 20.8 Å². The van der Waals surface area contributed by atoms with E-state index < -0.39 is 0 Å². The van der Waals surface area contributed by atoms with Gasteiger partial charge in [-0.3, -0.25) is 0 Å². The van der Waals surface area contributed by atoms with Crippen LogP contribution in [0.15, 0.2) is 0 Å². The monoisotopic (exact) mass is 164 g/mol. The smallest absolute Gasteiger partial charge is 0.0437 e. The first-order chi connectivity index (χ1) is 4.15. The van der Waals surface area contributed by atoms with Crippen LogP contribution < -0.4 is 0 Å². The lowest BCUT2D eigenvalue weighted by Crippen LogP contribution is -1.84. The minimum Gasteiger partial charge on any atom is -0.382 e. The maximum Gasteiger partial charge on any atom is 0.0437 e. The molecule has 0 heterocycles. The first kappa shape index (κ1) is 12.1. The third kappa shape index (κ3) is 59.9. The molecule has 0 aliphatic carbocycles. The van der Waals surface area contributed by atoms with Crippen LogP contribution in [0, 0.1) is 0 Å². The molecule has 0 rings (SSSR count). The van der Waals surface area contributed by atoms with Crippen molar-refractivity contribution < 1.29 is 4.74 Å². The maximum atomic E-state index is 4.83. The summed E-state index contributed by atoms with van der Waals surface area (Å²) in [5.74, 6) is 0. The predicted molar refractivity (Wildman–Crippen MR) is 51.5 cm³/mol. The standard InChI is InChI=1S/C4H10O.C2H10Si2/c1-3-5-4-2;1-2(3)4/h3-4H2,1-2H3;2H,1,3-4H3. The fourth-order valence-electron chi connectivity index (χ4n) is 0.204. The molecule has 0 aromatic carbocycles. The highest BCUT2D eigenvalue weighted by Crippen LogP contribution is 1.77. The Bertz CT molecular complexity index is 35.3. The molecule has 0 aromatic rings. The molecule has 9 heavy (non-hydrogen) atoms. The average Bonchev–Trinajstić information content (AvgIpc) is 1.66. The van der Waals surface area contributed by atoms with Gasteiger partial charge < -0.3 is 4.74 Å². The van der Waals surface area contributed by atoms with Gasteiger partial charge in [-0.1, -0.05) is 12.1 Å². The van der Waals surface area contributed by atoms with Crippen molar-refractivity contribution in [2.75, 3.05) is 13.2 Å². The predicted octanol–water partition coefficient (Wildman–Crippen LogP) is -0.474. The second-order valence-electron chi connectivity index (χ2n) is 2.51. The van der Waals surface area contributed by atoms with Crippen LogP contribution in [-0.2, 0) is 4.74 Å². The number of ether oxygens (including phenoxy) is 1. The molecule has 1 nitrogen and oxygen atoms in total. The Kier molecular flexibility index (Phi) is 15.1. The highest BCUT2D eigenvalue weighted by molar-refractivity contribution is 6.34. The number of rotatable bonds is 2. The molecule has 0 aromatic heterocycles. The van der Waals surface area contributed by atoms with Gasteiger partial charge in [0.1, 0.15) is 0 Å². The Morgan fingerprint density at radius 1 is 1.22 bits per heavy atom. The number of hydrogen-bond acceptors (Lipinski definition) is 1. The summed E-state index contributed by atoms with van der Waals surface area (Å²) in [6.45, 7) is 7.96. The molecule has 0 aliphatic heterocycles. The molecule has 0 fully saturated rings. The van der Waals surface area contributed by atoms with E-state index in [2.05, 4.69) is 6.92 Å². The van der Waals surface area contributed by atoms with Crippen molar-refractivity contribution in [2.24, 2.45) is 0 Å². The summed E-state index contributed by atoms with van der Waals surface area (Å²) in [6.07, 6.45) is 0. The van der Waals surface area contributed by atoms with Gasteiger partial charge in [0.25, 0.3) is 0 Å². The van der Waals surface area contributed by atoms with E-state index in [9.17, 15) is 0 Å². The van der Waals surface area contributed by atoms with Crippen LogP contribution in [0.3, 0.4) is 0 Å². The minimum absolute atomic E-state index is 0.844. The normalized spacial score (nSPS) is 12.3. The largest absolute Gasteiger partial charge is 0.382 e. The molecule has 0 bridgehead atoms. The van der Waals surface area contributed by atoms with E-state index in [1.807, 2.05) is 13.8 Å². The summed E-state index contributed by atoms with van der Waals surface area (Å²) in [5, 5.41) is 1.11. The van der Waals surface area contributed by atoms with Gasteiger partial charge in [-0.15, -0.1) is 0 Å². The molecule has 0 N–H and O–H groups in total. The van der Waals surface area contributed by atoms with Crippen LogP contribution >= 0.6 is 0 Å². The minimum atomic E-state index is 0.844. The Morgan fingerprint density at radius 3 is 1.44 bits per heavy atom. The van der Waals surface area contributed by atoms with Gasteiger partial charge in [0.2, 0.25) is 0 Å². The second-order valence-corrected chi connectivity index (χ2v) is 9.44. The van der Waals surface area contributed by atoms with Gasteiger partial charge in [0.15, 0.2) is 0 Å². The summed E-state index contributed by atoms with van der Waals surface area (Å²) in [6, 6.07) is 0. The van der Waals surface area contributed by atoms with Gasteiger partial charge in [-0.25, -0.2) is 0 Å². The zero-order chi connectivity index (χ0) is 7.70. The Labute approximate surface area is 65.0 Å². The summed E-state index contributed by atoms with van der Waals surface area (Å²) in [7, 11) is 2.82. The van der Waals surface area contributed by atoms with Gasteiger partial charge >= 0.3 is 0 Å². The zero-order valence-corrected chi connectivity index (χ0v) is 11.4. The van der Waals surface area contributed by atoms with E-state index in [0.29, 0.717) is 0 Å². The molecule has 0 saturated heterocycles. The SMILES string of the molecule is CC([SiH3])[SiH3].CCOCC. The topological polar surface area (TPSA) is 9.23 Å². The summed E-state index contributed by atoms with van der Waals surface area (Å²) >= 11 is 0. The second kappa shape index (κ2) is 11.2. The summed E-state index contributed by atoms with van der Waals surface area (Å²) in [5.41, 5.74) is 0. The van der Waals surface area contributed by atoms with Crippen molar-refractivity contribution in [3.8, 4) is 0 Å². The van der Waals surface area contributed by atoms with Crippen LogP contribution in [0.25, 0.3) is 0 Å². The van der Waals surface area contributed by atoms with Crippen molar-refractivity contribution >= 4 is 20.5 Å². The van der Waals surface area contributed by atoms with E-state index in [-0.39, 0.29) is 0 Å². The molecule has 0 saturated carbocycles. The summed E-state index contributed by atoms with van der Waals surface area (Å²) in [4.78, 5) is 0. The molecule has 0 spiro atoms. The quantitative estimate of drug-likeness (QED) is 0.501. The van der Waals surface area contributed by atoms with Gasteiger partial charge in [-0.05, 0) is 13.8 Å². The van der Waals surface area contributed by atoms with E-state index in [1.165, 1.54) is 20.5 Å². The first-order valence-corrected chi connectivity index (χ1v) is 6.03. The van der Waals surface area contributed by atoms with Crippen LogP contribution in [0.5, 0.6) is 0 Å². The van der Waals surface area contributed by atoms with Crippen molar-refractivity contribution in [1.29, 1.82) is 0 Å². The van der Waals surface area contributed by atoms with Gasteiger partial charge in [0.05, 0.1) is 0 Å². The van der Waals surface area contributed by atoms with E-state index >= 15 is 0 Å². The molecule has 3 heteroatoms. The lowest BCUT2D eigenvalue weighted by molar-refractivity contribution is 0.162. The molecule has 0 atom stereocenters. The molecule has 0 radical (unpaired) electrons. The summed E-state index contributed by atoms with van der Waals surface area (Å²) < 4.78 is 4.83. The van der Waals surface area contributed by atoms with Crippen molar-refractivity contribution in [2.45, 2.75) is 25.9 Å². The zero-order valence-electron chi connectivity index (χ0n) is 7.40. The van der Waals surface area contributed by atoms with E-state index in [1.54, 1.807) is 0 Å². The van der Waals surface area contributed by atoms with E-state index in [4.69, 9.17) is 4.74 Å². The molecule has 0 unspecified atom stereocenters. The van der Waals surface area contributed by atoms with Gasteiger partial charge in [-0.2, -0.15) is 0 Å². The lowest BCUT2D eigenvalue weighted by Gasteiger charge is -1.86. The first-order valence-electron chi connectivity index (χ1n) is 3.72. The third-order valence-corrected chi connectivity index (χ3v) is 0.408. The highest BCUT2D eigenvalue weighted by Gasteiger charge is 1.69. The third-order valence-electron chi connectivity index (χ3n) is 0.408. The molecular formula is C6H20OSi2. The Morgan fingerprint density at radius 2 is 1.44 bits per heavy atom. The molecule has 0 amide bonds. The van der Waals surface area contributed by atoms with Crippen LogP contribution in [0.2, 0.25) is 5.16 Å². The van der Waals surface area contributed by atoms with Crippen molar-refractivity contribution in [3.05, 3.63) is 0 Å². The Balaban J connectivity index is 0. The van der Waals surface area contributed by atoms with E-state index in [0.717, 1.165) is 18.4 Å². The maximum absolute atomic E-state index is 4.83. The molecule has 58 valence electrons. The molecule has 0 aliphatic rings. The lowest BCUT2D eigenvalue weighted by atomic mass is 10.8. The average molecular weight is 164 g/mol. The Hall–Kier alpha value is 0.394. The van der Waals surface area contributed by atoms with Gasteiger partial charge in [0, 0.05) is 33.7 Å². The van der Waals surface area contributed by atoms with Crippen molar-refractivity contribution in [1.82, 2.24) is 0 Å². The fourth-order valence-corrected chi connectivity index (χ4v) is 0.204.